The summed E-state index contributed by atoms with van der Waals surface area (Å²) in [6.45, 7) is 0. The van der Waals surface area contributed by atoms with Crippen molar-refractivity contribution < 1.29 is 9.90 Å². The van der Waals surface area contributed by atoms with Gasteiger partial charge in [-0.1, -0.05) is 23.7 Å². The number of benzene rings is 1. The van der Waals surface area contributed by atoms with Crippen molar-refractivity contribution in [2.45, 2.75) is 0 Å². The van der Waals surface area contributed by atoms with E-state index in [4.69, 9.17) is 16.7 Å². The van der Waals surface area contributed by atoms with Crippen molar-refractivity contribution in [1.82, 2.24) is 14.6 Å². The van der Waals surface area contributed by atoms with Crippen molar-refractivity contribution >= 4 is 23.2 Å². The predicted molar refractivity (Wildman–Crippen MR) is 70.4 cm³/mol. The van der Waals surface area contributed by atoms with E-state index in [-0.39, 0.29) is 5.56 Å². The number of carboxylic acids is 1. The minimum absolute atomic E-state index is 0.203. The molecule has 0 bridgehead atoms. The fourth-order valence-electron chi connectivity index (χ4n) is 1.77. The molecular formula is C13H8ClN3O2. The molecule has 0 amide bonds. The maximum Gasteiger partial charge on any atom is 0.335 e. The second-order valence-electron chi connectivity index (χ2n) is 3.97. The molecule has 5 nitrogen and oxygen atoms in total. The zero-order valence-electron chi connectivity index (χ0n) is 9.62. The van der Waals surface area contributed by atoms with E-state index < -0.39 is 5.97 Å². The summed E-state index contributed by atoms with van der Waals surface area (Å²) in [6.07, 6.45) is 1.70. The second kappa shape index (κ2) is 4.37. The monoisotopic (exact) mass is 273 g/mol. The molecule has 0 atom stereocenters. The Hall–Kier alpha value is -2.40. The third kappa shape index (κ3) is 2.15. The van der Waals surface area contributed by atoms with E-state index in [1.807, 2.05) is 0 Å². The Morgan fingerprint density at radius 2 is 2.11 bits per heavy atom. The molecule has 3 rings (SSSR count). The van der Waals surface area contributed by atoms with E-state index in [0.717, 1.165) is 0 Å². The Kier molecular flexibility index (Phi) is 2.68. The lowest BCUT2D eigenvalue weighted by Crippen LogP contribution is -1.96. The van der Waals surface area contributed by atoms with Crippen LogP contribution >= 0.6 is 11.6 Å². The molecule has 0 saturated heterocycles. The zero-order valence-corrected chi connectivity index (χ0v) is 10.4. The number of carbonyl (C=O) groups is 1. The van der Waals surface area contributed by atoms with Crippen molar-refractivity contribution in [2.24, 2.45) is 0 Å². The summed E-state index contributed by atoms with van der Waals surface area (Å²) in [7, 11) is 0. The molecule has 0 fully saturated rings. The van der Waals surface area contributed by atoms with Gasteiger partial charge in [0.2, 0.25) is 0 Å². The molecule has 0 aliphatic carbocycles. The number of carboxylic acid groups (broad SMARTS) is 1. The maximum atomic E-state index is 10.9. The average Bonchev–Trinajstić information content (AvgIpc) is 2.81. The molecule has 2 heterocycles. The van der Waals surface area contributed by atoms with Gasteiger partial charge in [0.05, 0.1) is 5.56 Å². The van der Waals surface area contributed by atoms with Crippen molar-refractivity contribution in [3.8, 4) is 11.4 Å². The summed E-state index contributed by atoms with van der Waals surface area (Å²) in [4.78, 5) is 15.3. The van der Waals surface area contributed by atoms with Crippen LogP contribution in [0, 0.1) is 0 Å². The van der Waals surface area contributed by atoms with Crippen molar-refractivity contribution in [3.63, 3.8) is 0 Å². The van der Waals surface area contributed by atoms with Gasteiger partial charge in [-0.25, -0.2) is 14.3 Å². The number of halogens is 1. The third-order valence-corrected chi connectivity index (χ3v) is 2.90. The zero-order chi connectivity index (χ0) is 13.4. The molecule has 3 aromatic rings. The molecule has 6 heteroatoms. The van der Waals surface area contributed by atoms with Crippen LogP contribution in [0.1, 0.15) is 10.4 Å². The van der Waals surface area contributed by atoms with E-state index >= 15 is 0 Å². The first kappa shape index (κ1) is 11.7. The van der Waals surface area contributed by atoms with Crippen LogP contribution in [0.2, 0.25) is 5.02 Å². The maximum absolute atomic E-state index is 10.9. The molecule has 0 radical (unpaired) electrons. The summed E-state index contributed by atoms with van der Waals surface area (Å²) in [5.41, 5.74) is 1.47. The topological polar surface area (TPSA) is 67.5 Å². The van der Waals surface area contributed by atoms with Crippen LogP contribution in [0.25, 0.3) is 17.0 Å². The first-order valence-corrected chi connectivity index (χ1v) is 5.87. The number of nitrogens with zero attached hydrogens (tertiary/aromatic N) is 3. The lowest BCUT2D eigenvalue weighted by Gasteiger charge is -1.97. The van der Waals surface area contributed by atoms with Gasteiger partial charge in [0.15, 0.2) is 11.5 Å². The SMILES string of the molecule is O=C(O)c1cccc(-c2nc3cc(Cl)ccn3n2)c1. The number of hydrogen-bond acceptors (Lipinski definition) is 3. The molecule has 1 N–H and O–H groups in total. The minimum Gasteiger partial charge on any atom is -0.478 e. The molecule has 0 spiro atoms. The quantitative estimate of drug-likeness (QED) is 0.779. The molecule has 94 valence electrons. The normalized spacial score (nSPS) is 10.8. The highest BCUT2D eigenvalue weighted by atomic mass is 35.5. The van der Waals surface area contributed by atoms with Crippen LogP contribution < -0.4 is 0 Å². The highest BCUT2D eigenvalue weighted by molar-refractivity contribution is 6.30. The standard InChI is InChI=1S/C13H8ClN3O2/c14-10-4-5-17-11(7-10)15-12(16-17)8-2-1-3-9(6-8)13(18)19/h1-7H,(H,18,19). The predicted octanol–water partition coefficient (Wildman–Crippen LogP) is 2.75. The Labute approximate surface area is 113 Å². The summed E-state index contributed by atoms with van der Waals surface area (Å²) in [5.74, 6) is -0.515. The molecule has 0 saturated carbocycles. The first-order valence-electron chi connectivity index (χ1n) is 5.49. The fraction of sp³-hybridized carbons (Fsp3) is 0. The Morgan fingerprint density at radius 3 is 2.89 bits per heavy atom. The molecule has 0 aliphatic heterocycles. The molecule has 19 heavy (non-hydrogen) atoms. The highest BCUT2D eigenvalue weighted by Crippen LogP contribution is 2.19. The molecular weight excluding hydrogens is 266 g/mol. The summed E-state index contributed by atoms with van der Waals surface area (Å²) in [6, 6.07) is 9.90. The van der Waals surface area contributed by atoms with Crippen LogP contribution in [0.15, 0.2) is 42.6 Å². The number of fused-ring (bicyclic) bond motifs is 1. The van der Waals surface area contributed by atoms with E-state index in [1.54, 1.807) is 41.0 Å². The Bertz CT molecular complexity index is 782. The number of pyridine rings is 1. The number of rotatable bonds is 2. The van der Waals surface area contributed by atoms with Crippen LogP contribution in [0.5, 0.6) is 0 Å². The number of aromatic nitrogens is 3. The largest absolute Gasteiger partial charge is 0.478 e. The molecule has 1 aromatic carbocycles. The third-order valence-electron chi connectivity index (χ3n) is 2.67. The Morgan fingerprint density at radius 1 is 1.26 bits per heavy atom. The van der Waals surface area contributed by atoms with Gasteiger partial charge in [-0.3, -0.25) is 0 Å². The van der Waals surface area contributed by atoms with E-state index in [2.05, 4.69) is 10.1 Å². The van der Waals surface area contributed by atoms with E-state index in [0.29, 0.717) is 22.1 Å². The van der Waals surface area contributed by atoms with Crippen LogP contribution in [0.4, 0.5) is 0 Å². The number of hydrogen-bond donors (Lipinski definition) is 1. The van der Waals surface area contributed by atoms with Crippen molar-refractivity contribution in [3.05, 3.63) is 53.2 Å². The van der Waals surface area contributed by atoms with Crippen molar-refractivity contribution in [1.29, 1.82) is 0 Å². The second-order valence-corrected chi connectivity index (χ2v) is 4.41. The van der Waals surface area contributed by atoms with Crippen LogP contribution in [-0.4, -0.2) is 25.7 Å². The van der Waals surface area contributed by atoms with Gasteiger partial charge >= 0.3 is 5.97 Å². The minimum atomic E-state index is -0.978. The smallest absolute Gasteiger partial charge is 0.335 e. The van der Waals surface area contributed by atoms with Gasteiger partial charge in [-0.05, 0) is 18.2 Å². The van der Waals surface area contributed by atoms with Gasteiger partial charge in [-0.2, -0.15) is 0 Å². The lowest BCUT2D eigenvalue weighted by atomic mass is 10.1. The summed E-state index contributed by atoms with van der Waals surface area (Å²) in [5, 5.41) is 13.8. The summed E-state index contributed by atoms with van der Waals surface area (Å²) >= 11 is 5.88. The van der Waals surface area contributed by atoms with Gasteiger partial charge < -0.3 is 5.11 Å². The van der Waals surface area contributed by atoms with Gasteiger partial charge in [0.1, 0.15) is 0 Å². The van der Waals surface area contributed by atoms with E-state index in [1.165, 1.54) is 6.07 Å². The fourth-order valence-corrected chi connectivity index (χ4v) is 1.92. The molecule has 0 unspecified atom stereocenters. The van der Waals surface area contributed by atoms with Gasteiger partial charge in [0.25, 0.3) is 0 Å². The number of aromatic carboxylic acids is 1. The Balaban J connectivity index is 2.13. The molecule has 2 aromatic heterocycles. The molecule has 0 aliphatic rings. The summed E-state index contributed by atoms with van der Waals surface area (Å²) < 4.78 is 1.59. The van der Waals surface area contributed by atoms with Gasteiger partial charge in [-0.15, -0.1) is 5.10 Å². The van der Waals surface area contributed by atoms with Crippen LogP contribution in [-0.2, 0) is 0 Å². The average molecular weight is 274 g/mol. The van der Waals surface area contributed by atoms with Gasteiger partial charge in [0, 0.05) is 22.8 Å². The van der Waals surface area contributed by atoms with Crippen LogP contribution in [0.3, 0.4) is 0 Å². The lowest BCUT2D eigenvalue weighted by molar-refractivity contribution is 0.0697. The highest BCUT2D eigenvalue weighted by Gasteiger charge is 2.09. The van der Waals surface area contributed by atoms with E-state index in [9.17, 15) is 4.79 Å². The first-order chi connectivity index (χ1) is 9.13. The van der Waals surface area contributed by atoms with Crippen molar-refractivity contribution in [2.75, 3.05) is 0 Å².